The lowest BCUT2D eigenvalue weighted by molar-refractivity contribution is -0.119. The highest BCUT2D eigenvalue weighted by atomic mass is 35.5. The molecule has 0 bridgehead atoms. The van der Waals surface area contributed by atoms with Gasteiger partial charge in [0.2, 0.25) is 5.91 Å². The third-order valence-electron chi connectivity index (χ3n) is 4.21. The smallest absolute Gasteiger partial charge is 0.255 e. The number of thiocarbonyl (C=S) groups is 1. The summed E-state index contributed by atoms with van der Waals surface area (Å²) in [5.74, 6) is -0.402. The van der Waals surface area contributed by atoms with Crippen molar-refractivity contribution >= 4 is 52.1 Å². The van der Waals surface area contributed by atoms with E-state index < -0.39 is 0 Å². The van der Waals surface area contributed by atoms with Crippen LogP contribution in [0.25, 0.3) is 0 Å². The van der Waals surface area contributed by atoms with Gasteiger partial charge in [-0.05, 0) is 73.2 Å². The van der Waals surface area contributed by atoms with E-state index in [0.717, 1.165) is 11.1 Å². The maximum Gasteiger partial charge on any atom is 0.255 e. The van der Waals surface area contributed by atoms with Crippen molar-refractivity contribution in [2.24, 2.45) is 0 Å². The van der Waals surface area contributed by atoms with Gasteiger partial charge in [0.25, 0.3) is 5.91 Å². The molecule has 0 saturated carbocycles. The van der Waals surface area contributed by atoms with Crippen molar-refractivity contribution < 1.29 is 9.59 Å². The third-order valence-corrected chi connectivity index (χ3v) is 4.67. The summed E-state index contributed by atoms with van der Waals surface area (Å²) in [6.07, 6.45) is 0.197. The Hall–Kier alpha value is -3.22. The van der Waals surface area contributed by atoms with Crippen LogP contribution < -0.4 is 16.0 Å². The molecule has 0 fully saturated rings. The van der Waals surface area contributed by atoms with Crippen LogP contribution in [0.3, 0.4) is 0 Å². The van der Waals surface area contributed by atoms with E-state index in [1.165, 1.54) is 0 Å². The van der Waals surface area contributed by atoms with Crippen LogP contribution in [0.2, 0.25) is 5.02 Å². The van der Waals surface area contributed by atoms with Gasteiger partial charge in [0.15, 0.2) is 5.11 Å². The summed E-state index contributed by atoms with van der Waals surface area (Å²) in [4.78, 5) is 24.4. The van der Waals surface area contributed by atoms with Gasteiger partial charge in [-0.2, -0.15) is 0 Å². The Morgan fingerprint density at radius 3 is 2.17 bits per heavy atom. The number of rotatable bonds is 5. The first-order chi connectivity index (χ1) is 14.4. The van der Waals surface area contributed by atoms with Crippen LogP contribution in [0, 0.1) is 6.92 Å². The van der Waals surface area contributed by atoms with E-state index in [0.29, 0.717) is 22.0 Å². The Balaban J connectivity index is 1.50. The number of carbonyl (C=O) groups is 2. The SMILES string of the molecule is Cc1cccc(C(=O)Nc2ccc(NC(=S)NC(=O)Cc3ccc(Cl)cc3)cc2)c1. The lowest BCUT2D eigenvalue weighted by Gasteiger charge is -2.11. The summed E-state index contributed by atoms with van der Waals surface area (Å²) in [6.45, 7) is 1.94. The minimum absolute atomic E-state index is 0.176. The van der Waals surface area contributed by atoms with Crippen molar-refractivity contribution in [3.8, 4) is 0 Å². The van der Waals surface area contributed by atoms with E-state index in [4.69, 9.17) is 23.8 Å². The Morgan fingerprint density at radius 2 is 1.53 bits per heavy atom. The van der Waals surface area contributed by atoms with E-state index in [2.05, 4.69) is 16.0 Å². The standard InChI is InChI=1S/C23H20ClN3O2S/c1-15-3-2-4-17(13-15)22(29)25-19-9-11-20(12-10-19)26-23(30)27-21(28)14-16-5-7-18(24)8-6-16/h2-13H,14H2,1H3,(H,25,29)(H2,26,27,28,30). The van der Waals surface area contributed by atoms with Gasteiger partial charge in [-0.15, -0.1) is 0 Å². The summed E-state index contributed by atoms with van der Waals surface area (Å²) in [7, 11) is 0. The molecule has 3 N–H and O–H groups in total. The molecule has 0 aliphatic carbocycles. The number of nitrogens with one attached hydrogen (secondary N) is 3. The second-order valence-corrected chi connectivity index (χ2v) is 7.55. The zero-order valence-electron chi connectivity index (χ0n) is 16.2. The summed E-state index contributed by atoms with van der Waals surface area (Å²) in [6, 6.07) is 21.5. The van der Waals surface area contributed by atoms with E-state index in [9.17, 15) is 9.59 Å². The van der Waals surface area contributed by atoms with Gasteiger partial charge in [-0.3, -0.25) is 9.59 Å². The summed E-state index contributed by atoms with van der Waals surface area (Å²) < 4.78 is 0. The van der Waals surface area contributed by atoms with Crippen LogP contribution in [-0.4, -0.2) is 16.9 Å². The molecule has 0 heterocycles. The van der Waals surface area contributed by atoms with Gasteiger partial charge in [0, 0.05) is 22.0 Å². The normalized spacial score (nSPS) is 10.2. The molecule has 5 nitrogen and oxygen atoms in total. The minimum atomic E-state index is -0.225. The van der Waals surface area contributed by atoms with Crippen molar-refractivity contribution in [2.75, 3.05) is 10.6 Å². The minimum Gasteiger partial charge on any atom is -0.332 e. The second kappa shape index (κ2) is 10.0. The van der Waals surface area contributed by atoms with Crippen LogP contribution in [-0.2, 0) is 11.2 Å². The fourth-order valence-corrected chi connectivity index (χ4v) is 3.10. The Kier molecular flexibility index (Phi) is 7.17. The van der Waals surface area contributed by atoms with E-state index in [1.54, 1.807) is 54.6 Å². The van der Waals surface area contributed by atoms with Gasteiger partial charge in [0.1, 0.15) is 0 Å². The third kappa shape index (κ3) is 6.40. The first kappa shape index (κ1) is 21.5. The summed E-state index contributed by atoms with van der Waals surface area (Å²) in [5, 5.41) is 9.27. The summed E-state index contributed by atoms with van der Waals surface area (Å²) >= 11 is 11.0. The van der Waals surface area contributed by atoms with Gasteiger partial charge < -0.3 is 16.0 Å². The van der Waals surface area contributed by atoms with Crippen LogP contribution in [0.15, 0.2) is 72.8 Å². The van der Waals surface area contributed by atoms with Crippen molar-refractivity contribution in [1.29, 1.82) is 0 Å². The van der Waals surface area contributed by atoms with E-state index in [-0.39, 0.29) is 23.3 Å². The molecule has 3 aromatic rings. The van der Waals surface area contributed by atoms with Crippen molar-refractivity contribution in [2.45, 2.75) is 13.3 Å². The molecule has 0 saturated heterocycles. The van der Waals surface area contributed by atoms with Crippen LogP contribution in [0.1, 0.15) is 21.5 Å². The lowest BCUT2D eigenvalue weighted by atomic mass is 10.1. The molecule has 152 valence electrons. The van der Waals surface area contributed by atoms with Crippen LogP contribution in [0.5, 0.6) is 0 Å². The molecule has 3 rings (SSSR count). The molecule has 0 radical (unpaired) electrons. The topological polar surface area (TPSA) is 70.2 Å². The van der Waals surface area contributed by atoms with E-state index >= 15 is 0 Å². The molecule has 0 spiro atoms. The maximum atomic E-state index is 12.3. The molecular formula is C23H20ClN3O2S. The van der Waals surface area contributed by atoms with Crippen LogP contribution >= 0.6 is 23.8 Å². The lowest BCUT2D eigenvalue weighted by Crippen LogP contribution is -2.35. The molecule has 0 aliphatic rings. The zero-order valence-corrected chi connectivity index (χ0v) is 17.8. The maximum absolute atomic E-state index is 12.3. The number of benzene rings is 3. The highest BCUT2D eigenvalue weighted by Gasteiger charge is 2.08. The molecule has 0 unspecified atom stereocenters. The van der Waals surface area contributed by atoms with E-state index in [1.807, 2.05) is 25.1 Å². The number of halogens is 1. The number of amides is 2. The first-order valence-corrected chi connectivity index (χ1v) is 10.0. The monoisotopic (exact) mass is 437 g/mol. The number of aryl methyl sites for hydroxylation is 1. The highest BCUT2D eigenvalue weighted by molar-refractivity contribution is 7.80. The predicted octanol–water partition coefficient (Wildman–Crippen LogP) is 4.96. The molecule has 0 atom stereocenters. The Morgan fingerprint density at radius 1 is 0.900 bits per heavy atom. The van der Waals surface area contributed by atoms with Gasteiger partial charge >= 0.3 is 0 Å². The molecule has 30 heavy (non-hydrogen) atoms. The van der Waals surface area contributed by atoms with Gasteiger partial charge in [-0.1, -0.05) is 41.4 Å². The zero-order chi connectivity index (χ0) is 21.5. The molecule has 0 aliphatic heterocycles. The average Bonchev–Trinajstić information content (AvgIpc) is 2.71. The highest BCUT2D eigenvalue weighted by Crippen LogP contribution is 2.15. The largest absolute Gasteiger partial charge is 0.332 e. The average molecular weight is 438 g/mol. The first-order valence-electron chi connectivity index (χ1n) is 9.22. The quantitative estimate of drug-likeness (QED) is 0.493. The fourth-order valence-electron chi connectivity index (χ4n) is 2.75. The fraction of sp³-hybridized carbons (Fsp3) is 0.0870. The van der Waals surface area contributed by atoms with Crippen molar-refractivity contribution in [1.82, 2.24) is 5.32 Å². The molecule has 2 amide bonds. The number of anilines is 2. The number of hydrogen-bond acceptors (Lipinski definition) is 3. The number of hydrogen-bond donors (Lipinski definition) is 3. The van der Waals surface area contributed by atoms with Gasteiger partial charge in [-0.25, -0.2) is 0 Å². The van der Waals surface area contributed by atoms with Crippen molar-refractivity contribution in [3.05, 3.63) is 94.5 Å². The number of carbonyl (C=O) groups excluding carboxylic acids is 2. The Labute approximate surface area is 185 Å². The predicted molar refractivity (Wildman–Crippen MR) is 125 cm³/mol. The van der Waals surface area contributed by atoms with Crippen LogP contribution in [0.4, 0.5) is 11.4 Å². The van der Waals surface area contributed by atoms with Crippen molar-refractivity contribution in [3.63, 3.8) is 0 Å². The Bertz CT molecular complexity index is 1070. The second-order valence-electron chi connectivity index (χ2n) is 6.71. The molecule has 7 heteroatoms. The molecule has 0 aromatic heterocycles. The molecule has 3 aromatic carbocycles. The summed E-state index contributed by atoms with van der Waals surface area (Å²) in [5.41, 5.74) is 3.81. The molecular weight excluding hydrogens is 418 g/mol. The van der Waals surface area contributed by atoms with Gasteiger partial charge in [0.05, 0.1) is 6.42 Å².